The molecular weight excluding hydrogens is 639 g/mol. The summed E-state index contributed by atoms with van der Waals surface area (Å²) in [5.41, 5.74) is 2.11. The fourth-order valence-corrected chi connectivity index (χ4v) is 8.08. The number of halogens is 2. The Kier molecular flexibility index (Phi) is 10.8. The number of sulfonamides is 2. The van der Waals surface area contributed by atoms with Crippen LogP contribution in [0.15, 0.2) is 119 Å². The minimum atomic E-state index is -3.73. The van der Waals surface area contributed by atoms with E-state index in [-0.39, 0.29) is 35.0 Å². The standard InChI is InChI=1S/C32H34Cl2N4O4S2/c33-27-11-15-29(16-12-27)43(39,40)35-23-31(25-7-3-1-4-8-25)37-19-21-38(22-20-37)32(26-9-5-2-6-10-26)24-36-44(41,42)30-17-13-28(34)14-18-30/h1-18,31-32,35-36H,19-24H2/p+2/t31-,32-/m0/s1. The van der Waals surface area contributed by atoms with Crippen molar-refractivity contribution in [3.8, 4) is 0 Å². The van der Waals surface area contributed by atoms with E-state index in [1.165, 1.54) is 34.1 Å². The van der Waals surface area contributed by atoms with Crippen LogP contribution in [0.1, 0.15) is 23.2 Å². The first-order valence-corrected chi connectivity index (χ1v) is 18.1. The molecule has 8 nitrogen and oxygen atoms in total. The number of hydrogen-bond acceptors (Lipinski definition) is 4. The zero-order valence-electron chi connectivity index (χ0n) is 24.0. The van der Waals surface area contributed by atoms with Crippen LogP contribution in [0.5, 0.6) is 0 Å². The molecule has 0 amide bonds. The molecule has 1 fully saturated rings. The van der Waals surface area contributed by atoms with Gasteiger partial charge in [-0.2, -0.15) is 0 Å². The maximum absolute atomic E-state index is 13.1. The van der Waals surface area contributed by atoms with Gasteiger partial charge in [-0.25, -0.2) is 26.3 Å². The zero-order chi connectivity index (χ0) is 31.2. The lowest BCUT2D eigenvalue weighted by atomic mass is 10.0. The van der Waals surface area contributed by atoms with Crippen molar-refractivity contribution >= 4 is 43.2 Å². The minimum Gasteiger partial charge on any atom is -0.318 e. The number of benzene rings is 4. The molecule has 0 saturated carbocycles. The largest absolute Gasteiger partial charge is 0.318 e. The van der Waals surface area contributed by atoms with E-state index < -0.39 is 20.0 Å². The molecule has 0 bridgehead atoms. The van der Waals surface area contributed by atoms with Crippen molar-refractivity contribution in [1.82, 2.24) is 9.44 Å². The molecule has 0 aromatic heterocycles. The molecule has 1 aliphatic rings. The Morgan fingerprint density at radius 3 is 1.16 bits per heavy atom. The molecule has 1 saturated heterocycles. The van der Waals surface area contributed by atoms with Gasteiger partial charge in [0.05, 0.1) is 22.9 Å². The Hall–Kier alpha value is -2.80. The minimum absolute atomic E-state index is 0.0987. The summed E-state index contributed by atoms with van der Waals surface area (Å²) in [6.07, 6.45) is 0. The maximum Gasteiger partial charge on any atom is 0.240 e. The van der Waals surface area contributed by atoms with E-state index in [1.54, 1.807) is 24.3 Å². The number of rotatable bonds is 12. The summed E-state index contributed by atoms with van der Waals surface area (Å²) in [5, 5.41) is 0.949. The molecule has 0 unspecified atom stereocenters. The van der Waals surface area contributed by atoms with Gasteiger partial charge in [-0.3, -0.25) is 0 Å². The molecule has 4 aromatic rings. The summed E-state index contributed by atoms with van der Waals surface area (Å²) in [5.74, 6) is 0. The van der Waals surface area contributed by atoms with Crippen LogP contribution in [0, 0.1) is 0 Å². The van der Waals surface area contributed by atoms with Gasteiger partial charge >= 0.3 is 0 Å². The number of hydrogen-bond donors (Lipinski definition) is 4. The highest BCUT2D eigenvalue weighted by Crippen LogP contribution is 2.17. The van der Waals surface area contributed by atoms with Crippen molar-refractivity contribution < 1.29 is 26.6 Å². The van der Waals surface area contributed by atoms with Crippen molar-refractivity contribution in [3.63, 3.8) is 0 Å². The smallest absolute Gasteiger partial charge is 0.240 e. The van der Waals surface area contributed by atoms with Gasteiger partial charge in [-0.1, -0.05) is 83.9 Å². The summed E-state index contributed by atoms with van der Waals surface area (Å²) >= 11 is 11.9. The van der Waals surface area contributed by atoms with Crippen LogP contribution in [-0.4, -0.2) is 56.1 Å². The second-order valence-corrected chi connectivity index (χ2v) is 15.3. The van der Waals surface area contributed by atoms with E-state index in [9.17, 15) is 16.8 Å². The fraction of sp³-hybridized carbons (Fsp3) is 0.250. The molecule has 1 aliphatic heterocycles. The topological polar surface area (TPSA) is 101 Å². The Labute approximate surface area is 269 Å². The average molecular weight is 676 g/mol. The number of quaternary nitrogens is 2. The van der Waals surface area contributed by atoms with E-state index in [4.69, 9.17) is 23.2 Å². The first kappa shape index (κ1) is 32.6. The summed E-state index contributed by atoms with van der Waals surface area (Å²) in [6, 6.07) is 32.0. The second kappa shape index (κ2) is 14.5. The van der Waals surface area contributed by atoms with Crippen LogP contribution in [0.3, 0.4) is 0 Å². The van der Waals surface area contributed by atoms with E-state index >= 15 is 0 Å². The van der Waals surface area contributed by atoms with E-state index in [1.807, 2.05) is 60.7 Å². The molecule has 1 heterocycles. The van der Waals surface area contributed by atoms with Crippen LogP contribution in [0.4, 0.5) is 0 Å². The third kappa shape index (κ3) is 8.26. The molecule has 2 atom stereocenters. The Balaban J connectivity index is 1.30. The Morgan fingerprint density at radius 1 is 0.523 bits per heavy atom. The normalized spacial score (nSPS) is 18.9. The summed E-state index contributed by atoms with van der Waals surface area (Å²) < 4.78 is 58.1. The predicted octanol–water partition coefficient (Wildman–Crippen LogP) is 2.52. The lowest BCUT2D eigenvalue weighted by molar-refractivity contribution is -1.04. The molecule has 44 heavy (non-hydrogen) atoms. The van der Waals surface area contributed by atoms with Gasteiger partial charge in [0.1, 0.15) is 38.3 Å². The summed E-state index contributed by atoms with van der Waals surface area (Å²) in [7, 11) is -7.45. The monoisotopic (exact) mass is 674 g/mol. The number of piperazine rings is 1. The van der Waals surface area contributed by atoms with Gasteiger partial charge in [0, 0.05) is 21.2 Å². The van der Waals surface area contributed by atoms with Crippen molar-refractivity contribution in [2.24, 2.45) is 0 Å². The van der Waals surface area contributed by atoms with Crippen LogP contribution >= 0.6 is 23.2 Å². The second-order valence-electron chi connectivity index (χ2n) is 10.9. The summed E-state index contributed by atoms with van der Waals surface area (Å²) in [4.78, 5) is 2.88. The highest BCUT2D eigenvalue weighted by molar-refractivity contribution is 7.89. The molecule has 232 valence electrons. The third-order valence-corrected chi connectivity index (χ3v) is 11.5. The lowest BCUT2D eigenvalue weighted by Gasteiger charge is -2.38. The summed E-state index contributed by atoms with van der Waals surface area (Å²) in [6.45, 7) is 3.61. The van der Waals surface area contributed by atoms with Crippen LogP contribution in [0.2, 0.25) is 10.0 Å². The van der Waals surface area contributed by atoms with Crippen LogP contribution < -0.4 is 19.2 Å². The van der Waals surface area contributed by atoms with Gasteiger partial charge in [0.2, 0.25) is 20.0 Å². The van der Waals surface area contributed by atoms with Crippen molar-refractivity contribution in [1.29, 1.82) is 0 Å². The first-order chi connectivity index (χ1) is 21.1. The van der Waals surface area contributed by atoms with Gasteiger partial charge in [-0.15, -0.1) is 0 Å². The first-order valence-electron chi connectivity index (χ1n) is 14.4. The quantitative estimate of drug-likeness (QED) is 0.186. The van der Waals surface area contributed by atoms with Crippen LogP contribution in [-0.2, 0) is 20.0 Å². The molecular formula is C32H36Cl2N4O4S2+2. The highest BCUT2D eigenvalue weighted by atomic mass is 35.5. The molecule has 0 aliphatic carbocycles. The molecule has 4 aromatic carbocycles. The van der Waals surface area contributed by atoms with E-state index in [2.05, 4.69) is 9.44 Å². The van der Waals surface area contributed by atoms with Crippen molar-refractivity contribution in [2.45, 2.75) is 21.9 Å². The van der Waals surface area contributed by atoms with Crippen molar-refractivity contribution in [2.75, 3.05) is 39.3 Å². The zero-order valence-corrected chi connectivity index (χ0v) is 27.1. The third-order valence-electron chi connectivity index (χ3n) is 8.13. The molecule has 4 N–H and O–H groups in total. The van der Waals surface area contributed by atoms with Crippen molar-refractivity contribution in [3.05, 3.63) is 130 Å². The molecule has 5 rings (SSSR count). The fourth-order valence-electron chi connectivity index (χ4n) is 5.74. The lowest BCUT2D eigenvalue weighted by Crippen LogP contribution is -3.28. The maximum atomic E-state index is 13.1. The average Bonchev–Trinajstić information content (AvgIpc) is 3.03. The van der Waals surface area contributed by atoms with E-state index in [0.29, 0.717) is 10.0 Å². The predicted molar refractivity (Wildman–Crippen MR) is 173 cm³/mol. The SMILES string of the molecule is O=S(=O)(NC[C@@H](c1ccccc1)[NH+]1CC[NH+]([C@@H](CNS(=O)(=O)c2ccc(Cl)cc2)c2ccccc2)CC1)c1ccc(Cl)cc1. The Bertz CT molecular complexity index is 1590. The van der Waals surface area contributed by atoms with Gasteiger partial charge in [-0.05, 0) is 48.5 Å². The van der Waals surface area contributed by atoms with Gasteiger partial charge in [0.25, 0.3) is 0 Å². The molecule has 0 radical (unpaired) electrons. The molecule has 12 heteroatoms. The number of nitrogens with one attached hydrogen (secondary N) is 4. The highest BCUT2D eigenvalue weighted by Gasteiger charge is 2.36. The Morgan fingerprint density at radius 2 is 0.841 bits per heavy atom. The van der Waals surface area contributed by atoms with Gasteiger partial charge < -0.3 is 9.80 Å². The molecule has 0 spiro atoms. The van der Waals surface area contributed by atoms with E-state index in [0.717, 1.165) is 37.3 Å². The van der Waals surface area contributed by atoms with Gasteiger partial charge in [0.15, 0.2) is 0 Å². The van der Waals surface area contributed by atoms with Crippen LogP contribution in [0.25, 0.3) is 0 Å².